The number of thioether (sulfide) groups is 1. The van der Waals surface area contributed by atoms with Crippen molar-refractivity contribution in [1.82, 2.24) is 0 Å². The maximum Gasteiger partial charge on any atom is 0.283 e. The lowest BCUT2D eigenvalue weighted by molar-refractivity contribution is -0.387. The number of nitrogens with zero attached hydrogens (tertiary/aromatic N) is 1. The van der Waals surface area contributed by atoms with Crippen LogP contribution in [0.4, 0.5) is 5.69 Å². The summed E-state index contributed by atoms with van der Waals surface area (Å²) in [6.07, 6.45) is 0.596. The average molecular weight is 257 g/mol. The van der Waals surface area contributed by atoms with Crippen LogP contribution in [-0.2, 0) is 0 Å². The molecule has 1 unspecified atom stereocenters. The first-order chi connectivity index (χ1) is 8.08. The molecule has 1 atom stereocenters. The van der Waals surface area contributed by atoms with Crippen molar-refractivity contribution in [3.63, 3.8) is 0 Å². The summed E-state index contributed by atoms with van der Waals surface area (Å²) in [7, 11) is 1.52. The fourth-order valence-corrected chi connectivity index (χ4v) is 2.43. The Bertz CT molecular complexity index is 397. The highest BCUT2D eigenvalue weighted by molar-refractivity contribution is 8.00. The molecule has 0 saturated heterocycles. The van der Waals surface area contributed by atoms with Crippen molar-refractivity contribution < 1.29 is 14.8 Å². The average Bonchev–Trinajstić information content (AvgIpc) is 2.28. The number of ether oxygens (including phenoxy) is 1. The number of aliphatic hydroxyl groups excluding tert-OH is 1. The lowest BCUT2D eigenvalue weighted by Gasteiger charge is -2.10. The largest absolute Gasteiger partial charge is 0.497 e. The fraction of sp³-hybridized carbons (Fsp3) is 0.455. The van der Waals surface area contributed by atoms with Crippen LogP contribution in [0.1, 0.15) is 13.3 Å². The Balaban J connectivity index is 2.96. The Morgan fingerprint density at radius 1 is 1.59 bits per heavy atom. The number of benzene rings is 1. The van der Waals surface area contributed by atoms with Crippen molar-refractivity contribution in [2.75, 3.05) is 13.7 Å². The summed E-state index contributed by atoms with van der Waals surface area (Å²) in [5, 5.41) is 19.8. The number of rotatable bonds is 6. The van der Waals surface area contributed by atoms with E-state index >= 15 is 0 Å². The Morgan fingerprint density at radius 2 is 2.29 bits per heavy atom. The third-order valence-corrected chi connectivity index (χ3v) is 3.45. The molecule has 0 aliphatic heterocycles. The second-order valence-electron chi connectivity index (χ2n) is 3.53. The van der Waals surface area contributed by atoms with Crippen molar-refractivity contribution in [3.05, 3.63) is 28.3 Å². The van der Waals surface area contributed by atoms with Crippen LogP contribution in [0.15, 0.2) is 23.1 Å². The summed E-state index contributed by atoms with van der Waals surface area (Å²) in [5.74, 6) is 0.592. The van der Waals surface area contributed by atoms with Crippen LogP contribution >= 0.6 is 11.8 Å². The van der Waals surface area contributed by atoms with Gasteiger partial charge in [-0.1, -0.05) is 6.92 Å². The maximum atomic E-state index is 10.9. The van der Waals surface area contributed by atoms with Gasteiger partial charge in [0.1, 0.15) is 5.75 Å². The molecule has 1 aromatic carbocycles. The van der Waals surface area contributed by atoms with Crippen LogP contribution in [-0.4, -0.2) is 29.0 Å². The zero-order valence-corrected chi connectivity index (χ0v) is 10.6. The van der Waals surface area contributed by atoms with Crippen LogP contribution in [0, 0.1) is 10.1 Å². The fourth-order valence-electron chi connectivity index (χ4n) is 1.32. The monoisotopic (exact) mass is 257 g/mol. The molecule has 0 heterocycles. The molecule has 0 aromatic heterocycles. The van der Waals surface area contributed by atoms with E-state index in [1.165, 1.54) is 24.9 Å². The summed E-state index contributed by atoms with van der Waals surface area (Å²) in [6.45, 7) is 2.00. The molecule has 1 rings (SSSR count). The van der Waals surface area contributed by atoms with Crippen molar-refractivity contribution in [2.24, 2.45) is 0 Å². The van der Waals surface area contributed by atoms with Gasteiger partial charge in [-0.2, -0.15) is 0 Å². The van der Waals surface area contributed by atoms with E-state index in [4.69, 9.17) is 9.84 Å². The van der Waals surface area contributed by atoms with Gasteiger partial charge < -0.3 is 9.84 Å². The minimum atomic E-state index is -0.409. The lowest BCUT2D eigenvalue weighted by Crippen LogP contribution is -2.01. The summed E-state index contributed by atoms with van der Waals surface area (Å²) < 4.78 is 5.05. The van der Waals surface area contributed by atoms with Crippen LogP contribution in [0.5, 0.6) is 5.75 Å². The summed E-state index contributed by atoms with van der Waals surface area (Å²) >= 11 is 1.37. The molecule has 0 saturated carbocycles. The highest BCUT2D eigenvalue weighted by Gasteiger charge is 2.17. The van der Waals surface area contributed by atoms with Crippen molar-refractivity contribution in [3.8, 4) is 5.75 Å². The minimum absolute atomic E-state index is 0.0700. The summed E-state index contributed by atoms with van der Waals surface area (Å²) in [4.78, 5) is 11.0. The van der Waals surface area contributed by atoms with Crippen LogP contribution < -0.4 is 4.74 Å². The molecule has 0 aliphatic rings. The third kappa shape index (κ3) is 3.90. The van der Waals surface area contributed by atoms with E-state index in [1.54, 1.807) is 12.1 Å². The van der Waals surface area contributed by atoms with Gasteiger partial charge in [-0.15, -0.1) is 11.8 Å². The third-order valence-electron chi connectivity index (χ3n) is 2.23. The van der Waals surface area contributed by atoms with Gasteiger partial charge >= 0.3 is 0 Å². The summed E-state index contributed by atoms with van der Waals surface area (Å²) in [5.41, 5.74) is 0.0700. The molecule has 5 nitrogen and oxygen atoms in total. The quantitative estimate of drug-likeness (QED) is 0.481. The normalized spacial score (nSPS) is 12.2. The molecule has 0 bridgehead atoms. The number of methoxy groups -OCH3 is 1. The van der Waals surface area contributed by atoms with E-state index < -0.39 is 4.92 Å². The van der Waals surface area contributed by atoms with Gasteiger partial charge in [-0.3, -0.25) is 10.1 Å². The molecule has 6 heteroatoms. The van der Waals surface area contributed by atoms with E-state index in [0.29, 0.717) is 17.1 Å². The Hall–Kier alpha value is -1.27. The van der Waals surface area contributed by atoms with E-state index in [-0.39, 0.29) is 17.5 Å². The van der Waals surface area contributed by atoms with E-state index in [0.717, 1.165) is 0 Å². The predicted octanol–water partition coefficient (Wildman–Crippen LogP) is 2.47. The van der Waals surface area contributed by atoms with E-state index in [1.807, 2.05) is 6.92 Å². The SMILES string of the molecule is COc1ccc([N+](=O)[O-])c(SC(C)CCO)c1. The molecule has 0 fully saturated rings. The molecule has 1 N–H and O–H groups in total. The predicted molar refractivity (Wildman–Crippen MR) is 66.7 cm³/mol. The number of nitro benzene ring substituents is 1. The van der Waals surface area contributed by atoms with Gasteiger partial charge in [0.2, 0.25) is 0 Å². The summed E-state index contributed by atoms with van der Waals surface area (Å²) in [6, 6.07) is 4.66. The molecule has 0 aliphatic carbocycles. The molecule has 0 radical (unpaired) electrons. The van der Waals surface area contributed by atoms with Crippen LogP contribution in [0.25, 0.3) is 0 Å². The minimum Gasteiger partial charge on any atom is -0.497 e. The van der Waals surface area contributed by atoms with Gasteiger partial charge in [0.05, 0.1) is 16.9 Å². The van der Waals surface area contributed by atoms with E-state index in [2.05, 4.69) is 0 Å². The first-order valence-corrected chi connectivity index (χ1v) is 6.06. The number of hydrogen-bond donors (Lipinski definition) is 1. The second kappa shape index (κ2) is 6.46. The molecule has 94 valence electrons. The first-order valence-electron chi connectivity index (χ1n) is 5.18. The van der Waals surface area contributed by atoms with Crippen LogP contribution in [0.2, 0.25) is 0 Å². The molecule has 0 amide bonds. The van der Waals surface area contributed by atoms with Gasteiger partial charge in [0.25, 0.3) is 5.69 Å². The highest BCUT2D eigenvalue weighted by atomic mass is 32.2. The lowest BCUT2D eigenvalue weighted by atomic mass is 10.3. The van der Waals surface area contributed by atoms with Gasteiger partial charge in [0.15, 0.2) is 0 Å². The zero-order valence-electron chi connectivity index (χ0n) is 9.75. The molecule has 1 aromatic rings. The number of nitro groups is 1. The Labute approximate surface area is 104 Å². The second-order valence-corrected chi connectivity index (χ2v) is 5.01. The van der Waals surface area contributed by atoms with Gasteiger partial charge in [0, 0.05) is 24.0 Å². The Morgan fingerprint density at radius 3 is 2.82 bits per heavy atom. The first kappa shape index (κ1) is 13.8. The highest BCUT2D eigenvalue weighted by Crippen LogP contribution is 2.35. The van der Waals surface area contributed by atoms with Crippen LogP contribution in [0.3, 0.4) is 0 Å². The molecule has 0 spiro atoms. The standard InChI is InChI=1S/C11H15NO4S/c1-8(5-6-13)17-11-7-9(16-2)3-4-10(11)12(14)15/h3-4,7-8,13H,5-6H2,1-2H3. The van der Waals surface area contributed by atoms with Crippen molar-refractivity contribution >= 4 is 17.4 Å². The van der Waals surface area contributed by atoms with E-state index in [9.17, 15) is 10.1 Å². The molecule has 17 heavy (non-hydrogen) atoms. The topological polar surface area (TPSA) is 72.6 Å². The van der Waals surface area contributed by atoms with Crippen molar-refractivity contribution in [1.29, 1.82) is 0 Å². The smallest absolute Gasteiger partial charge is 0.283 e. The van der Waals surface area contributed by atoms with Gasteiger partial charge in [-0.25, -0.2) is 0 Å². The number of hydrogen-bond acceptors (Lipinski definition) is 5. The van der Waals surface area contributed by atoms with Crippen molar-refractivity contribution in [2.45, 2.75) is 23.5 Å². The maximum absolute atomic E-state index is 10.9. The Kier molecular flexibility index (Phi) is 5.24. The van der Waals surface area contributed by atoms with Gasteiger partial charge in [-0.05, 0) is 12.5 Å². The molecular weight excluding hydrogens is 242 g/mol. The number of aliphatic hydroxyl groups is 1. The zero-order chi connectivity index (χ0) is 12.8. The molecular formula is C11H15NO4S.